The molecular formula is C28H41N3O3S. The Morgan fingerprint density at radius 1 is 1.23 bits per heavy atom. The Hall–Kier alpha value is -1.44. The van der Waals surface area contributed by atoms with Gasteiger partial charge in [0, 0.05) is 24.9 Å². The number of allylic oxidation sites excluding steroid dienone is 2. The lowest BCUT2D eigenvalue weighted by Crippen LogP contribution is -2.50. The number of esters is 1. The van der Waals surface area contributed by atoms with E-state index in [1.165, 1.54) is 36.3 Å². The van der Waals surface area contributed by atoms with Gasteiger partial charge in [-0.05, 0) is 80.1 Å². The van der Waals surface area contributed by atoms with E-state index in [9.17, 15) is 4.79 Å². The Morgan fingerprint density at radius 3 is 2.86 bits per heavy atom. The fourth-order valence-electron chi connectivity index (χ4n) is 8.30. The lowest BCUT2D eigenvalue weighted by atomic mass is 9.48. The Bertz CT molecular complexity index is 1000. The number of thiazole rings is 1. The molecule has 6 rings (SSSR count). The second-order valence-corrected chi connectivity index (χ2v) is 13.0. The minimum Gasteiger partial charge on any atom is -0.462 e. The lowest BCUT2D eigenvalue weighted by molar-refractivity contribution is -0.159. The van der Waals surface area contributed by atoms with Crippen molar-refractivity contribution in [3.05, 3.63) is 16.6 Å². The zero-order chi connectivity index (χ0) is 24.2. The number of morpholine rings is 1. The van der Waals surface area contributed by atoms with Crippen LogP contribution in [0.5, 0.6) is 0 Å². The monoisotopic (exact) mass is 499 g/mol. The largest absolute Gasteiger partial charge is 0.462 e. The number of fused-ring (bicyclic) bond motifs is 7. The Labute approximate surface area is 213 Å². The Kier molecular flexibility index (Phi) is 6.25. The van der Waals surface area contributed by atoms with Gasteiger partial charge in [0.05, 0.1) is 23.8 Å². The molecule has 0 aromatic carbocycles. The first-order chi connectivity index (χ1) is 16.9. The number of rotatable bonds is 5. The van der Waals surface area contributed by atoms with Crippen LogP contribution in [0.3, 0.4) is 0 Å². The predicted octanol–water partition coefficient (Wildman–Crippen LogP) is 5.70. The van der Waals surface area contributed by atoms with Crippen molar-refractivity contribution in [2.24, 2.45) is 28.6 Å². The molecule has 6 nitrogen and oxygen atoms in total. The van der Waals surface area contributed by atoms with Gasteiger partial charge in [-0.25, -0.2) is 9.99 Å². The van der Waals surface area contributed by atoms with E-state index in [1.807, 2.05) is 11.3 Å². The van der Waals surface area contributed by atoms with Gasteiger partial charge in [0.25, 0.3) is 0 Å². The van der Waals surface area contributed by atoms with Gasteiger partial charge >= 0.3 is 5.97 Å². The molecule has 0 radical (unpaired) electrons. The fraction of sp³-hybridized carbons (Fsp3) is 0.786. The average Bonchev–Trinajstić information content (AvgIpc) is 3.40. The maximum Gasteiger partial charge on any atom is 0.306 e. The van der Waals surface area contributed by atoms with E-state index in [0.29, 0.717) is 18.3 Å². The summed E-state index contributed by atoms with van der Waals surface area (Å²) in [5.41, 5.74) is 6.80. The zero-order valence-corrected chi connectivity index (χ0v) is 22.4. The van der Waals surface area contributed by atoms with E-state index >= 15 is 0 Å². The van der Waals surface area contributed by atoms with Crippen LogP contribution >= 0.6 is 11.3 Å². The minimum atomic E-state index is 0.00536. The maximum absolute atomic E-state index is 12.3. The van der Waals surface area contributed by atoms with Gasteiger partial charge in [-0.2, -0.15) is 0 Å². The molecule has 2 saturated carbocycles. The summed E-state index contributed by atoms with van der Waals surface area (Å²) < 4.78 is 11.6. The number of hydrogen-bond acceptors (Lipinski definition) is 7. The molecule has 6 atom stereocenters. The van der Waals surface area contributed by atoms with Crippen LogP contribution in [0.4, 0.5) is 5.13 Å². The van der Waals surface area contributed by atoms with Gasteiger partial charge in [0.1, 0.15) is 6.10 Å². The molecule has 1 aliphatic heterocycles. The van der Waals surface area contributed by atoms with Gasteiger partial charge in [-0.15, -0.1) is 0 Å². The zero-order valence-electron chi connectivity index (χ0n) is 21.6. The third kappa shape index (κ3) is 3.97. The van der Waals surface area contributed by atoms with Crippen molar-refractivity contribution < 1.29 is 14.3 Å². The van der Waals surface area contributed by atoms with E-state index in [2.05, 4.69) is 37.3 Å². The number of hydrazine groups is 1. The molecule has 1 aromatic heterocycles. The van der Waals surface area contributed by atoms with Crippen molar-refractivity contribution in [1.82, 2.24) is 9.99 Å². The molecule has 1 saturated heterocycles. The number of carbonyl (C=O) groups excluding carboxylic acids is 1. The summed E-state index contributed by atoms with van der Waals surface area (Å²) >= 11 is 1.85. The molecule has 1 aromatic rings. The molecule has 3 fully saturated rings. The number of nitrogens with zero attached hydrogens (tertiary/aromatic N) is 2. The van der Waals surface area contributed by atoms with Crippen LogP contribution in [0.15, 0.2) is 6.08 Å². The SMILES string of the molecule is CCCC(=O)O[C@H]1CC[C@H]2[C@@H]3CC=C4c5sc(NN6CCOCC6)nc5CC[C@]4(C)[C@H]3CC[C@]12C. The summed E-state index contributed by atoms with van der Waals surface area (Å²) in [7, 11) is 0. The Balaban J connectivity index is 1.23. The molecule has 0 spiro atoms. The standard InChI is InChI=1S/C28H41N3O3S/c1-4-5-24(32)34-23-9-8-19-18-6-7-21-25-22(29-26(35-25)30-31-14-16-33-17-15-31)11-13-27(21,2)20(18)10-12-28(19,23)3/h7,18-20,23H,4-6,8-17H2,1-3H3,(H,29,30)/t18-,19-,20-,23-,27+,28-/m0/s1. The minimum absolute atomic E-state index is 0.00536. The summed E-state index contributed by atoms with van der Waals surface area (Å²) in [6, 6.07) is 0. The van der Waals surface area contributed by atoms with Crippen LogP contribution in [0.2, 0.25) is 0 Å². The lowest BCUT2D eigenvalue weighted by Gasteiger charge is -2.56. The van der Waals surface area contributed by atoms with E-state index < -0.39 is 0 Å². The van der Waals surface area contributed by atoms with E-state index in [-0.39, 0.29) is 22.9 Å². The molecule has 2 heterocycles. The number of anilines is 1. The molecule has 7 heteroatoms. The third-order valence-corrected chi connectivity index (χ3v) is 11.2. The molecular weight excluding hydrogens is 458 g/mol. The number of hydrogen-bond donors (Lipinski definition) is 1. The van der Waals surface area contributed by atoms with Crippen LogP contribution in [0.25, 0.3) is 5.57 Å². The van der Waals surface area contributed by atoms with Crippen molar-refractivity contribution >= 4 is 28.0 Å². The number of ether oxygens (including phenoxy) is 2. The first kappa shape index (κ1) is 23.9. The van der Waals surface area contributed by atoms with E-state index in [4.69, 9.17) is 14.5 Å². The van der Waals surface area contributed by atoms with Crippen molar-refractivity contribution in [2.75, 3.05) is 31.7 Å². The summed E-state index contributed by atoms with van der Waals surface area (Å²) in [6.07, 6.45) is 12.2. The van der Waals surface area contributed by atoms with Gasteiger partial charge in [0.2, 0.25) is 0 Å². The Morgan fingerprint density at radius 2 is 2.06 bits per heavy atom. The van der Waals surface area contributed by atoms with Crippen LogP contribution in [-0.4, -0.2) is 48.4 Å². The molecule has 4 aliphatic carbocycles. The van der Waals surface area contributed by atoms with Gasteiger partial charge in [0.15, 0.2) is 5.13 Å². The number of aromatic nitrogens is 1. The molecule has 1 N–H and O–H groups in total. The third-order valence-electron chi connectivity index (χ3n) is 10.2. The normalized spacial score (nSPS) is 38.5. The van der Waals surface area contributed by atoms with E-state index in [1.54, 1.807) is 5.57 Å². The van der Waals surface area contributed by atoms with Crippen LogP contribution in [0, 0.1) is 28.6 Å². The van der Waals surface area contributed by atoms with Gasteiger partial charge in [-0.1, -0.05) is 38.2 Å². The van der Waals surface area contributed by atoms with Crippen LogP contribution in [-0.2, 0) is 20.7 Å². The molecule has 5 aliphatic rings. The van der Waals surface area contributed by atoms with Crippen molar-refractivity contribution in [1.29, 1.82) is 0 Å². The quantitative estimate of drug-likeness (QED) is 0.525. The molecule has 0 bridgehead atoms. The summed E-state index contributed by atoms with van der Waals surface area (Å²) in [4.78, 5) is 18.8. The highest BCUT2D eigenvalue weighted by Gasteiger charge is 2.60. The van der Waals surface area contributed by atoms with Gasteiger partial charge < -0.3 is 9.47 Å². The molecule has 0 amide bonds. The number of nitrogens with one attached hydrogen (secondary N) is 1. The first-order valence-corrected chi connectivity index (χ1v) is 14.7. The van der Waals surface area contributed by atoms with Crippen LogP contribution < -0.4 is 5.43 Å². The summed E-state index contributed by atoms with van der Waals surface area (Å²) in [5, 5.41) is 3.28. The average molecular weight is 500 g/mol. The summed E-state index contributed by atoms with van der Waals surface area (Å²) in [5.74, 6) is 2.09. The topological polar surface area (TPSA) is 63.7 Å². The second-order valence-electron chi connectivity index (χ2n) is 12.0. The second kappa shape index (κ2) is 9.14. The predicted molar refractivity (Wildman–Crippen MR) is 139 cm³/mol. The number of aryl methyl sites for hydroxylation is 1. The highest BCUT2D eigenvalue weighted by atomic mass is 32.1. The highest BCUT2D eigenvalue weighted by molar-refractivity contribution is 7.16. The summed E-state index contributed by atoms with van der Waals surface area (Å²) in [6.45, 7) is 10.4. The van der Waals surface area contributed by atoms with Crippen LogP contribution in [0.1, 0.15) is 82.7 Å². The molecule has 0 unspecified atom stereocenters. The van der Waals surface area contributed by atoms with Crippen molar-refractivity contribution in [2.45, 2.75) is 84.7 Å². The van der Waals surface area contributed by atoms with Crippen molar-refractivity contribution in [3.8, 4) is 0 Å². The molecule has 192 valence electrons. The molecule has 35 heavy (non-hydrogen) atoms. The first-order valence-electron chi connectivity index (χ1n) is 13.9. The van der Waals surface area contributed by atoms with Crippen molar-refractivity contribution in [3.63, 3.8) is 0 Å². The van der Waals surface area contributed by atoms with E-state index in [0.717, 1.165) is 63.0 Å². The number of carbonyl (C=O) groups is 1. The van der Waals surface area contributed by atoms with Gasteiger partial charge in [-0.3, -0.25) is 10.2 Å². The highest BCUT2D eigenvalue weighted by Crippen LogP contribution is 2.66. The smallest absolute Gasteiger partial charge is 0.306 e. The maximum atomic E-state index is 12.3. The fourth-order valence-corrected chi connectivity index (χ4v) is 9.52.